The molecule has 27 heavy (non-hydrogen) atoms. The number of morpholine rings is 1. The first kappa shape index (κ1) is 18.6. The number of nitrogens with zero attached hydrogens (tertiary/aromatic N) is 2. The van der Waals surface area contributed by atoms with Crippen LogP contribution in [-0.2, 0) is 22.4 Å². The molecule has 0 aliphatic carbocycles. The molecule has 5 nitrogen and oxygen atoms in total. The quantitative estimate of drug-likeness (QED) is 0.803. The summed E-state index contributed by atoms with van der Waals surface area (Å²) in [7, 11) is 0. The monoisotopic (exact) mass is 380 g/mol. The van der Waals surface area contributed by atoms with Gasteiger partial charge in [-0.15, -0.1) is 0 Å². The van der Waals surface area contributed by atoms with E-state index in [4.69, 9.17) is 9.47 Å². The Hall–Kier alpha value is -1.73. The molecule has 0 aromatic heterocycles. The Labute approximate surface area is 158 Å². The Kier molecular flexibility index (Phi) is 5.32. The molecular weight excluding hydrogens is 354 g/mol. The smallest absolute Gasteiger partial charge is 0.253 e. The molecule has 0 radical (unpaired) electrons. The average molecular weight is 380 g/mol. The number of benzene rings is 1. The summed E-state index contributed by atoms with van der Waals surface area (Å²) in [6.45, 7) is 3.65. The van der Waals surface area contributed by atoms with Crippen molar-refractivity contribution in [3.63, 3.8) is 0 Å². The minimum absolute atomic E-state index is 0.114. The van der Waals surface area contributed by atoms with Gasteiger partial charge in [-0.1, -0.05) is 12.1 Å². The first-order valence-electron chi connectivity index (χ1n) is 9.75. The predicted molar refractivity (Wildman–Crippen MR) is 96.3 cm³/mol. The molecule has 0 spiro atoms. The van der Waals surface area contributed by atoms with E-state index in [0.717, 1.165) is 38.3 Å². The zero-order valence-corrected chi connectivity index (χ0v) is 15.5. The van der Waals surface area contributed by atoms with Crippen molar-refractivity contribution in [3.8, 4) is 5.75 Å². The number of hydrogen-bond donors (Lipinski definition) is 0. The van der Waals surface area contributed by atoms with Crippen molar-refractivity contribution in [2.45, 2.75) is 37.7 Å². The fourth-order valence-corrected chi connectivity index (χ4v) is 4.00. The summed E-state index contributed by atoms with van der Waals surface area (Å²) >= 11 is 0. The summed E-state index contributed by atoms with van der Waals surface area (Å²) in [5, 5.41) is 0. The summed E-state index contributed by atoms with van der Waals surface area (Å²) in [6.07, 6.45) is 0.823. The molecule has 1 aromatic carbocycles. The number of piperidine rings is 1. The molecule has 4 rings (SSSR count). The van der Waals surface area contributed by atoms with Crippen LogP contribution < -0.4 is 4.74 Å². The largest absolute Gasteiger partial charge is 0.493 e. The van der Waals surface area contributed by atoms with E-state index < -0.39 is 12.0 Å². The van der Waals surface area contributed by atoms with Crippen LogP contribution in [0.25, 0.3) is 0 Å². The Balaban J connectivity index is 1.28. The van der Waals surface area contributed by atoms with E-state index in [2.05, 4.69) is 17.0 Å². The minimum Gasteiger partial charge on any atom is -0.493 e. The summed E-state index contributed by atoms with van der Waals surface area (Å²) in [5.41, 5.74) is 2.54. The Bertz CT molecular complexity index is 688. The van der Waals surface area contributed by atoms with Gasteiger partial charge in [0, 0.05) is 52.0 Å². The van der Waals surface area contributed by atoms with Gasteiger partial charge in [0.25, 0.3) is 11.8 Å². The Morgan fingerprint density at radius 1 is 1.19 bits per heavy atom. The van der Waals surface area contributed by atoms with Crippen LogP contribution in [0.4, 0.5) is 8.78 Å². The van der Waals surface area contributed by atoms with Crippen molar-refractivity contribution >= 4 is 5.91 Å². The normalized spacial score (nSPS) is 25.1. The number of likely N-dealkylation sites (tertiary alicyclic amines) is 1. The average Bonchev–Trinajstić information content (AvgIpc) is 3.14. The van der Waals surface area contributed by atoms with Crippen LogP contribution in [-0.4, -0.2) is 73.7 Å². The number of hydrogen-bond acceptors (Lipinski definition) is 4. The van der Waals surface area contributed by atoms with Crippen LogP contribution in [0.3, 0.4) is 0 Å². The van der Waals surface area contributed by atoms with Crippen LogP contribution in [0.2, 0.25) is 0 Å². The van der Waals surface area contributed by atoms with Crippen molar-refractivity contribution in [1.82, 2.24) is 9.80 Å². The molecule has 3 aliphatic rings. The van der Waals surface area contributed by atoms with Gasteiger partial charge in [-0.05, 0) is 23.6 Å². The third kappa shape index (κ3) is 4.41. The van der Waals surface area contributed by atoms with Gasteiger partial charge in [0.1, 0.15) is 11.9 Å². The van der Waals surface area contributed by atoms with E-state index in [1.807, 2.05) is 6.07 Å². The lowest BCUT2D eigenvalue weighted by atomic mass is 10.1. The molecule has 0 N–H and O–H groups in total. The van der Waals surface area contributed by atoms with Crippen LogP contribution in [0.5, 0.6) is 5.75 Å². The molecule has 7 heteroatoms. The number of ether oxygens (including phenoxy) is 2. The number of alkyl halides is 2. The number of halogens is 2. The van der Waals surface area contributed by atoms with Gasteiger partial charge in [0.2, 0.25) is 0 Å². The number of amides is 1. The number of fused-ring (bicyclic) bond motifs is 1. The van der Waals surface area contributed by atoms with Crippen molar-refractivity contribution < 1.29 is 23.0 Å². The second-order valence-electron chi connectivity index (χ2n) is 7.63. The second kappa shape index (κ2) is 7.72. The van der Waals surface area contributed by atoms with Gasteiger partial charge >= 0.3 is 0 Å². The first-order valence-corrected chi connectivity index (χ1v) is 9.75. The zero-order chi connectivity index (χ0) is 18.9. The first-order chi connectivity index (χ1) is 13.0. The van der Waals surface area contributed by atoms with E-state index in [1.165, 1.54) is 16.0 Å². The van der Waals surface area contributed by atoms with E-state index in [1.54, 1.807) is 0 Å². The Morgan fingerprint density at radius 3 is 2.81 bits per heavy atom. The van der Waals surface area contributed by atoms with Gasteiger partial charge < -0.3 is 14.4 Å². The van der Waals surface area contributed by atoms with E-state index >= 15 is 0 Å². The summed E-state index contributed by atoms with van der Waals surface area (Å²) in [4.78, 5) is 16.4. The maximum atomic E-state index is 13.3. The highest BCUT2D eigenvalue weighted by molar-refractivity contribution is 5.81. The van der Waals surface area contributed by atoms with Crippen molar-refractivity contribution in [1.29, 1.82) is 0 Å². The third-order valence-electron chi connectivity index (χ3n) is 5.70. The highest BCUT2D eigenvalue weighted by Gasteiger charge is 2.38. The van der Waals surface area contributed by atoms with Gasteiger partial charge in [0.05, 0.1) is 13.2 Å². The standard InChI is InChI=1S/C20H26F2N2O3/c21-20(22)5-8-24(9-6-20)19(25)18-14-23(10-12-27-18)7-3-15-1-2-17-16(13-15)4-11-26-17/h1-2,13,18H,3-12,14H2. The number of carbonyl (C=O) groups is 1. The molecule has 1 atom stereocenters. The topological polar surface area (TPSA) is 42.0 Å². The van der Waals surface area contributed by atoms with Crippen LogP contribution in [0.15, 0.2) is 18.2 Å². The minimum atomic E-state index is -2.64. The zero-order valence-electron chi connectivity index (χ0n) is 15.5. The lowest BCUT2D eigenvalue weighted by Gasteiger charge is -2.37. The molecular formula is C20H26F2N2O3. The second-order valence-corrected chi connectivity index (χ2v) is 7.63. The molecule has 0 saturated carbocycles. The van der Waals surface area contributed by atoms with E-state index in [-0.39, 0.29) is 31.8 Å². The van der Waals surface area contributed by atoms with E-state index in [0.29, 0.717) is 13.2 Å². The maximum absolute atomic E-state index is 13.3. The molecule has 3 heterocycles. The maximum Gasteiger partial charge on any atom is 0.253 e. The number of rotatable bonds is 4. The molecule has 0 bridgehead atoms. The SMILES string of the molecule is O=C(C1CN(CCc2ccc3c(c2)CCO3)CCO1)N1CCC(F)(F)CC1. The van der Waals surface area contributed by atoms with Gasteiger partial charge in [-0.3, -0.25) is 9.69 Å². The molecule has 1 aromatic rings. The molecule has 1 amide bonds. The van der Waals surface area contributed by atoms with Crippen molar-refractivity contribution in [3.05, 3.63) is 29.3 Å². The van der Waals surface area contributed by atoms with Gasteiger partial charge in [-0.25, -0.2) is 8.78 Å². The number of carbonyl (C=O) groups excluding carboxylic acids is 1. The van der Waals surface area contributed by atoms with Crippen LogP contribution >= 0.6 is 0 Å². The van der Waals surface area contributed by atoms with Crippen molar-refractivity contribution in [2.75, 3.05) is 45.9 Å². The fraction of sp³-hybridized carbons (Fsp3) is 0.650. The molecule has 3 aliphatic heterocycles. The van der Waals surface area contributed by atoms with Gasteiger partial charge in [-0.2, -0.15) is 0 Å². The highest BCUT2D eigenvalue weighted by atomic mass is 19.3. The lowest BCUT2D eigenvalue weighted by molar-refractivity contribution is -0.154. The fourth-order valence-electron chi connectivity index (χ4n) is 4.00. The summed E-state index contributed by atoms with van der Waals surface area (Å²) < 4.78 is 37.8. The van der Waals surface area contributed by atoms with E-state index in [9.17, 15) is 13.6 Å². The lowest BCUT2D eigenvalue weighted by Crippen LogP contribution is -2.53. The predicted octanol–water partition coefficient (Wildman–Crippen LogP) is 2.12. The third-order valence-corrected chi connectivity index (χ3v) is 5.70. The van der Waals surface area contributed by atoms with Crippen LogP contribution in [0, 0.1) is 0 Å². The molecule has 148 valence electrons. The van der Waals surface area contributed by atoms with Crippen molar-refractivity contribution in [2.24, 2.45) is 0 Å². The Morgan fingerprint density at radius 2 is 2.00 bits per heavy atom. The van der Waals surface area contributed by atoms with Gasteiger partial charge in [0.15, 0.2) is 0 Å². The molecule has 1 unspecified atom stereocenters. The van der Waals surface area contributed by atoms with Crippen LogP contribution in [0.1, 0.15) is 24.0 Å². The summed E-state index contributed by atoms with van der Waals surface area (Å²) in [6, 6.07) is 6.34. The highest BCUT2D eigenvalue weighted by Crippen LogP contribution is 2.28. The molecule has 2 saturated heterocycles. The summed E-state index contributed by atoms with van der Waals surface area (Å²) in [5.74, 6) is -1.80. The molecule has 2 fully saturated rings.